The predicted molar refractivity (Wildman–Crippen MR) is 112 cm³/mol. The van der Waals surface area contributed by atoms with Crippen LogP contribution in [0, 0.1) is 0 Å². The zero-order chi connectivity index (χ0) is 20.4. The van der Waals surface area contributed by atoms with E-state index in [1.165, 1.54) is 4.90 Å². The fraction of sp³-hybridized carbons (Fsp3) is 0.130. The van der Waals surface area contributed by atoms with Crippen molar-refractivity contribution in [3.8, 4) is 11.5 Å². The summed E-state index contributed by atoms with van der Waals surface area (Å²) < 4.78 is 16.3. The monoisotopic (exact) mass is 389 g/mol. The van der Waals surface area contributed by atoms with Crippen molar-refractivity contribution in [1.29, 1.82) is 0 Å². The smallest absolute Gasteiger partial charge is 0.344 e. The molecular formula is C23H19NO5. The summed E-state index contributed by atoms with van der Waals surface area (Å²) in [5.41, 5.74) is 0.727. The van der Waals surface area contributed by atoms with Crippen molar-refractivity contribution in [1.82, 2.24) is 0 Å². The van der Waals surface area contributed by atoms with Crippen molar-refractivity contribution in [2.45, 2.75) is 0 Å². The molecule has 6 nitrogen and oxygen atoms in total. The van der Waals surface area contributed by atoms with E-state index in [0.717, 1.165) is 16.5 Å². The first-order valence-corrected chi connectivity index (χ1v) is 9.06. The quantitative estimate of drug-likeness (QED) is 0.381. The van der Waals surface area contributed by atoms with Gasteiger partial charge in [-0.15, -0.1) is 0 Å². The molecule has 0 aliphatic carbocycles. The van der Waals surface area contributed by atoms with Gasteiger partial charge in [0.2, 0.25) is 0 Å². The Morgan fingerprint density at radius 1 is 0.931 bits per heavy atom. The number of fused-ring (bicyclic) bond motifs is 3. The van der Waals surface area contributed by atoms with Crippen LogP contribution in [0.15, 0.2) is 75.9 Å². The van der Waals surface area contributed by atoms with Crippen LogP contribution in [0.2, 0.25) is 0 Å². The molecule has 4 rings (SSSR count). The molecule has 0 N–H and O–H groups in total. The zero-order valence-corrected chi connectivity index (χ0v) is 16.0. The van der Waals surface area contributed by atoms with Crippen molar-refractivity contribution in [2.24, 2.45) is 0 Å². The molecule has 0 atom stereocenters. The molecule has 0 spiro atoms. The molecule has 0 bridgehead atoms. The second-order valence-corrected chi connectivity index (χ2v) is 6.54. The summed E-state index contributed by atoms with van der Waals surface area (Å²) in [7, 11) is 3.24. The van der Waals surface area contributed by atoms with Crippen LogP contribution in [0.3, 0.4) is 0 Å². The van der Waals surface area contributed by atoms with Gasteiger partial charge in [0.1, 0.15) is 17.1 Å². The lowest BCUT2D eigenvalue weighted by molar-refractivity contribution is -0.120. The van der Waals surface area contributed by atoms with E-state index in [-0.39, 0.29) is 12.5 Å². The van der Waals surface area contributed by atoms with E-state index in [4.69, 9.17) is 13.9 Å². The van der Waals surface area contributed by atoms with Crippen molar-refractivity contribution in [2.75, 3.05) is 25.7 Å². The van der Waals surface area contributed by atoms with Crippen LogP contribution in [-0.2, 0) is 4.79 Å². The molecule has 1 amide bonds. The molecule has 0 saturated heterocycles. The van der Waals surface area contributed by atoms with Gasteiger partial charge in [-0.2, -0.15) is 0 Å². The Kier molecular flexibility index (Phi) is 4.91. The number of carbonyl (C=O) groups excluding carboxylic acids is 1. The molecule has 4 aromatic rings. The highest BCUT2D eigenvalue weighted by molar-refractivity contribution is 6.05. The van der Waals surface area contributed by atoms with Gasteiger partial charge in [0, 0.05) is 29.6 Å². The number of nitrogens with zero attached hydrogens (tertiary/aromatic N) is 1. The van der Waals surface area contributed by atoms with Crippen molar-refractivity contribution < 1.29 is 18.7 Å². The minimum absolute atomic E-state index is 0.133. The van der Waals surface area contributed by atoms with E-state index in [0.29, 0.717) is 22.5 Å². The Labute approximate surface area is 166 Å². The van der Waals surface area contributed by atoms with E-state index in [1.807, 2.05) is 42.5 Å². The minimum Gasteiger partial charge on any atom is -0.497 e. The summed E-state index contributed by atoms with van der Waals surface area (Å²) in [6.45, 7) is -0.133. The van der Waals surface area contributed by atoms with Gasteiger partial charge >= 0.3 is 5.63 Å². The summed E-state index contributed by atoms with van der Waals surface area (Å²) in [4.78, 5) is 26.3. The summed E-state index contributed by atoms with van der Waals surface area (Å²) >= 11 is 0. The molecule has 6 heteroatoms. The highest BCUT2D eigenvalue weighted by Gasteiger charge is 2.13. The fourth-order valence-electron chi connectivity index (χ4n) is 3.15. The number of anilines is 1. The number of rotatable bonds is 5. The summed E-state index contributed by atoms with van der Waals surface area (Å²) in [5.74, 6) is 0.844. The van der Waals surface area contributed by atoms with E-state index >= 15 is 0 Å². The maximum Gasteiger partial charge on any atom is 0.344 e. The summed E-state index contributed by atoms with van der Waals surface area (Å²) in [6, 6.07) is 19.8. The van der Waals surface area contributed by atoms with Crippen LogP contribution in [-0.4, -0.2) is 26.7 Å². The van der Waals surface area contributed by atoms with Gasteiger partial charge in [-0.25, -0.2) is 4.79 Å². The van der Waals surface area contributed by atoms with Crippen LogP contribution in [0.1, 0.15) is 0 Å². The molecule has 29 heavy (non-hydrogen) atoms. The molecule has 146 valence electrons. The Balaban J connectivity index is 1.58. The van der Waals surface area contributed by atoms with Gasteiger partial charge < -0.3 is 18.8 Å². The maximum atomic E-state index is 12.4. The second-order valence-electron chi connectivity index (χ2n) is 6.54. The normalized spacial score (nSPS) is 10.8. The Morgan fingerprint density at radius 3 is 2.41 bits per heavy atom. The van der Waals surface area contributed by atoms with Gasteiger partial charge in [-0.3, -0.25) is 4.79 Å². The number of ether oxygens (including phenoxy) is 2. The molecule has 0 aliphatic rings. The predicted octanol–water partition coefficient (Wildman–Crippen LogP) is 4.00. The number of benzene rings is 3. The van der Waals surface area contributed by atoms with Gasteiger partial charge in [0.05, 0.1) is 12.5 Å². The van der Waals surface area contributed by atoms with Crippen molar-refractivity contribution >= 4 is 33.3 Å². The molecule has 0 saturated carbocycles. The third kappa shape index (κ3) is 3.65. The molecule has 3 aromatic carbocycles. The number of carbonyl (C=O) groups is 1. The largest absolute Gasteiger partial charge is 0.497 e. The lowest BCUT2D eigenvalue weighted by atomic mass is 10.1. The standard InChI is InChI=1S/C23H19NO5/c1-24(15-6-4-3-5-7-15)22(25)14-28-17-9-11-19-18-10-8-16(27-2)12-20(18)23(26)29-21(19)13-17/h3-13H,14H2,1-2H3. The first-order chi connectivity index (χ1) is 14.1. The van der Waals surface area contributed by atoms with E-state index in [9.17, 15) is 9.59 Å². The lowest BCUT2D eigenvalue weighted by Crippen LogP contribution is -2.31. The lowest BCUT2D eigenvalue weighted by Gasteiger charge is -2.17. The molecule has 0 fully saturated rings. The van der Waals surface area contributed by atoms with Crippen LogP contribution in [0.4, 0.5) is 5.69 Å². The molecule has 0 unspecified atom stereocenters. The number of para-hydroxylation sites is 1. The Bertz CT molecular complexity index is 1250. The number of hydrogen-bond acceptors (Lipinski definition) is 5. The molecular weight excluding hydrogens is 370 g/mol. The number of amides is 1. The van der Waals surface area contributed by atoms with Crippen LogP contribution < -0.4 is 20.0 Å². The number of likely N-dealkylation sites (N-methyl/N-ethyl adjacent to an activating group) is 1. The zero-order valence-electron chi connectivity index (χ0n) is 16.0. The van der Waals surface area contributed by atoms with E-state index in [1.54, 1.807) is 38.4 Å². The summed E-state index contributed by atoms with van der Waals surface area (Å²) in [5, 5.41) is 2.00. The number of hydrogen-bond donors (Lipinski definition) is 0. The third-order valence-electron chi connectivity index (χ3n) is 4.77. The van der Waals surface area contributed by atoms with Crippen molar-refractivity contribution in [3.63, 3.8) is 0 Å². The maximum absolute atomic E-state index is 12.4. The first-order valence-electron chi connectivity index (χ1n) is 9.06. The first kappa shape index (κ1) is 18.6. The molecule has 0 radical (unpaired) electrons. The topological polar surface area (TPSA) is 69.0 Å². The average Bonchev–Trinajstić information content (AvgIpc) is 2.77. The highest BCUT2D eigenvalue weighted by Crippen LogP contribution is 2.28. The molecule has 1 heterocycles. The van der Waals surface area contributed by atoms with Crippen LogP contribution in [0.25, 0.3) is 21.7 Å². The summed E-state index contributed by atoms with van der Waals surface area (Å²) in [6.07, 6.45) is 0. The minimum atomic E-state index is -0.455. The van der Waals surface area contributed by atoms with Crippen LogP contribution >= 0.6 is 0 Å². The second kappa shape index (κ2) is 7.67. The Morgan fingerprint density at radius 2 is 1.66 bits per heavy atom. The van der Waals surface area contributed by atoms with E-state index in [2.05, 4.69) is 0 Å². The highest BCUT2D eigenvalue weighted by atomic mass is 16.5. The number of methoxy groups -OCH3 is 1. The van der Waals surface area contributed by atoms with Gasteiger partial charge in [0.15, 0.2) is 6.61 Å². The fourth-order valence-corrected chi connectivity index (χ4v) is 3.15. The van der Waals surface area contributed by atoms with Crippen LogP contribution in [0.5, 0.6) is 11.5 Å². The SMILES string of the molecule is COc1ccc2c(c1)c(=O)oc1cc(OCC(=O)N(C)c3ccccc3)ccc12. The van der Waals surface area contributed by atoms with Crippen molar-refractivity contribution in [3.05, 3.63) is 77.2 Å². The van der Waals surface area contributed by atoms with Gasteiger partial charge in [-0.1, -0.05) is 18.2 Å². The van der Waals surface area contributed by atoms with Gasteiger partial charge in [0.25, 0.3) is 5.91 Å². The molecule has 1 aromatic heterocycles. The molecule has 0 aliphatic heterocycles. The third-order valence-corrected chi connectivity index (χ3v) is 4.77. The van der Waals surface area contributed by atoms with E-state index < -0.39 is 5.63 Å². The Hall–Kier alpha value is -3.80. The average molecular weight is 389 g/mol. The van der Waals surface area contributed by atoms with Gasteiger partial charge in [-0.05, 0) is 42.5 Å².